The van der Waals surface area contributed by atoms with Crippen molar-refractivity contribution < 1.29 is 14.3 Å². The van der Waals surface area contributed by atoms with Gasteiger partial charge in [0.15, 0.2) is 6.61 Å². The van der Waals surface area contributed by atoms with Gasteiger partial charge in [0.1, 0.15) is 5.75 Å². The molecule has 0 saturated carbocycles. The van der Waals surface area contributed by atoms with E-state index >= 15 is 0 Å². The van der Waals surface area contributed by atoms with Gasteiger partial charge in [-0.25, -0.2) is 0 Å². The van der Waals surface area contributed by atoms with Crippen LogP contribution in [0.5, 0.6) is 5.75 Å². The smallest absolute Gasteiger partial charge is 0.262 e. The molecule has 0 aromatic heterocycles. The number of aryl methyl sites for hydroxylation is 1. The second kappa shape index (κ2) is 9.93. The van der Waals surface area contributed by atoms with Gasteiger partial charge < -0.3 is 15.0 Å². The molecule has 0 atom stereocenters. The molecule has 2 amide bonds. The van der Waals surface area contributed by atoms with Crippen molar-refractivity contribution in [3.05, 3.63) is 59.2 Å². The quantitative estimate of drug-likeness (QED) is 0.725. The van der Waals surface area contributed by atoms with Crippen LogP contribution in [-0.2, 0) is 4.79 Å². The molecule has 0 unspecified atom stereocenters. The van der Waals surface area contributed by atoms with Crippen LogP contribution in [-0.4, -0.2) is 36.4 Å². The Balaban J connectivity index is 1.97. The van der Waals surface area contributed by atoms with Crippen molar-refractivity contribution in [3.63, 3.8) is 0 Å². The Labute approximate surface area is 167 Å². The maximum atomic E-state index is 12.3. The molecule has 1 N–H and O–H groups in total. The molecular formula is C23H30N2O3. The first kappa shape index (κ1) is 21.5. The molecule has 5 heteroatoms. The van der Waals surface area contributed by atoms with Gasteiger partial charge in [-0.05, 0) is 68.1 Å². The third-order valence-electron chi connectivity index (χ3n) is 4.62. The van der Waals surface area contributed by atoms with E-state index in [9.17, 15) is 9.59 Å². The number of nitrogens with one attached hydrogen (secondary N) is 1. The van der Waals surface area contributed by atoms with Gasteiger partial charge >= 0.3 is 0 Å². The number of benzene rings is 2. The van der Waals surface area contributed by atoms with Crippen molar-refractivity contribution in [2.24, 2.45) is 0 Å². The third-order valence-corrected chi connectivity index (χ3v) is 4.62. The van der Waals surface area contributed by atoms with E-state index < -0.39 is 0 Å². The number of nitrogens with zero attached hydrogens (tertiary/aromatic N) is 1. The number of ether oxygens (including phenoxy) is 1. The molecule has 0 aliphatic carbocycles. The Morgan fingerprint density at radius 1 is 1.04 bits per heavy atom. The lowest BCUT2D eigenvalue weighted by atomic mass is 10.0. The molecule has 0 radical (unpaired) electrons. The van der Waals surface area contributed by atoms with Gasteiger partial charge in [0.25, 0.3) is 11.8 Å². The zero-order valence-electron chi connectivity index (χ0n) is 17.4. The normalized spacial score (nSPS) is 10.6. The predicted octanol–water partition coefficient (Wildman–Crippen LogP) is 4.62. The topological polar surface area (TPSA) is 58.6 Å². The van der Waals surface area contributed by atoms with Crippen molar-refractivity contribution in [2.45, 2.75) is 40.5 Å². The Bertz CT molecular complexity index is 809. The lowest BCUT2D eigenvalue weighted by molar-refractivity contribution is -0.118. The highest BCUT2D eigenvalue weighted by atomic mass is 16.5. The molecule has 0 bridgehead atoms. The van der Waals surface area contributed by atoms with Crippen LogP contribution in [0.4, 0.5) is 5.69 Å². The van der Waals surface area contributed by atoms with E-state index in [1.165, 1.54) is 0 Å². The second-order valence-electron chi connectivity index (χ2n) is 7.09. The van der Waals surface area contributed by atoms with E-state index in [1.54, 1.807) is 29.2 Å². The summed E-state index contributed by atoms with van der Waals surface area (Å²) < 4.78 is 5.76. The van der Waals surface area contributed by atoms with E-state index in [2.05, 4.69) is 19.2 Å². The summed E-state index contributed by atoms with van der Waals surface area (Å²) in [6.45, 7) is 11.4. The van der Waals surface area contributed by atoms with Crippen molar-refractivity contribution in [3.8, 4) is 5.75 Å². The minimum Gasteiger partial charge on any atom is -0.483 e. The standard InChI is InChI=1S/C23H30N2O3/c1-6-25(7-2)23(27)18-9-11-19(12-10-18)24-22(26)15-28-21-14-17(5)8-13-20(21)16(3)4/h8-14,16H,6-7,15H2,1-5H3,(H,24,26). The molecule has 28 heavy (non-hydrogen) atoms. The Morgan fingerprint density at radius 2 is 1.68 bits per heavy atom. The number of amides is 2. The SMILES string of the molecule is CCN(CC)C(=O)c1ccc(NC(=O)COc2cc(C)ccc2C(C)C)cc1. The van der Waals surface area contributed by atoms with E-state index in [0.29, 0.717) is 30.3 Å². The molecule has 0 heterocycles. The van der Waals surface area contributed by atoms with Crippen LogP contribution in [0.1, 0.15) is 55.1 Å². The lowest BCUT2D eigenvalue weighted by Gasteiger charge is -2.18. The molecule has 0 aliphatic heterocycles. The zero-order chi connectivity index (χ0) is 20.7. The van der Waals surface area contributed by atoms with Gasteiger partial charge in [0.2, 0.25) is 0 Å². The predicted molar refractivity (Wildman–Crippen MR) is 113 cm³/mol. The minimum atomic E-state index is -0.237. The molecule has 0 aliphatic rings. The molecule has 5 nitrogen and oxygen atoms in total. The monoisotopic (exact) mass is 382 g/mol. The van der Waals surface area contributed by atoms with Gasteiger partial charge in [-0.3, -0.25) is 9.59 Å². The number of carbonyl (C=O) groups excluding carboxylic acids is 2. The van der Waals surface area contributed by atoms with E-state index in [1.807, 2.05) is 39.0 Å². The van der Waals surface area contributed by atoms with Crippen LogP contribution >= 0.6 is 0 Å². The Morgan fingerprint density at radius 3 is 2.25 bits per heavy atom. The third kappa shape index (κ3) is 5.59. The van der Waals surface area contributed by atoms with Crippen LogP contribution in [0.2, 0.25) is 0 Å². The Hall–Kier alpha value is -2.82. The first-order valence-corrected chi connectivity index (χ1v) is 9.78. The minimum absolute atomic E-state index is 0.00753. The molecule has 2 rings (SSSR count). The molecule has 0 saturated heterocycles. The lowest BCUT2D eigenvalue weighted by Crippen LogP contribution is -2.30. The first-order valence-electron chi connectivity index (χ1n) is 9.78. The largest absolute Gasteiger partial charge is 0.483 e. The molecule has 0 fully saturated rings. The second-order valence-corrected chi connectivity index (χ2v) is 7.09. The average Bonchev–Trinajstić information content (AvgIpc) is 2.67. The maximum absolute atomic E-state index is 12.3. The van der Waals surface area contributed by atoms with E-state index in [4.69, 9.17) is 4.74 Å². The van der Waals surface area contributed by atoms with Gasteiger partial charge in [-0.15, -0.1) is 0 Å². The van der Waals surface area contributed by atoms with Crippen LogP contribution in [0, 0.1) is 6.92 Å². The molecule has 2 aromatic carbocycles. The zero-order valence-corrected chi connectivity index (χ0v) is 17.4. The van der Waals surface area contributed by atoms with Crippen LogP contribution in [0.15, 0.2) is 42.5 Å². The van der Waals surface area contributed by atoms with Crippen molar-refractivity contribution in [1.29, 1.82) is 0 Å². The van der Waals surface area contributed by atoms with Crippen molar-refractivity contribution in [2.75, 3.05) is 25.0 Å². The van der Waals surface area contributed by atoms with Crippen molar-refractivity contribution >= 4 is 17.5 Å². The molecule has 0 spiro atoms. The van der Waals surface area contributed by atoms with Gasteiger partial charge in [-0.2, -0.15) is 0 Å². The number of rotatable bonds is 8. The summed E-state index contributed by atoms with van der Waals surface area (Å²) in [6, 6.07) is 13.0. The number of anilines is 1. The van der Waals surface area contributed by atoms with Crippen LogP contribution < -0.4 is 10.1 Å². The summed E-state index contributed by atoms with van der Waals surface area (Å²) in [5.74, 6) is 0.811. The summed E-state index contributed by atoms with van der Waals surface area (Å²) in [5, 5.41) is 2.81. The maximum Gasteiger partial charge on any atom is 0.262 e. The van der Waals surface area contributed by atoms with E-state index in [0.717, 1.165) is 16.9 Å². The number of hydrogen-bond acceptors (Lipinski definition) is 3. The fourth-order valence-corrected chi connectivity index (χ4v) is 2.97. The summed E-state index contributed by atoms with van der Waals surface area (Å²) in [5.41, 5.74) is 3.42. The summed E-state index contributed by atoms with van der Waals surface area (Å²) in [6.07, 6.45) is 0. The molecule has 150 valence electrons. The van der Waals surface area contributed by atoms with Gasteiger partial charge in [-0.1, -0.05) is 26.0 Å². The van der Waals surface area contributed by atoms with Crippen LogP contribution in [0.3, 0.4) is 0 Å². The van der Waals surface area contributed by atoms with Gasteiger partial charge in [0, 0.05) is 24.3 Å². The van der Waals surface area contributed by atoms with Crippen LogP contribution in [0.25, 0.3) is 0 Å². The van der Waals surface area contributed by atoms with E-state index in [-0.39, 0.29) is 18.4 Å². The summed E-state index contributed by atoms with van der Waals surface area (Å²) >= 11 is 0. The fourth-order valence-electron chi connectivity index (χ4n) is 2.97. The highest BCUT2D eigenvalue weighted by molar-refractivity contribution is 5.96. The Kier molecular flexibility index (Phi) is 7.61. The highest BCUT2D eigenvalue weighted by Crippen LogP contribution is 2.27. The van der Waals surface area contributed by atoms with Gasteiger partial charge in [0.05, 0.1) is 0 Å². The first-order chi connectivity index (χ1) is 13.3. The number of carbonyl (C=O) groups is 2. The average molecular weight is 383 g/mol. The summed E-state index contributed by atoms with van der Waals surface area (Å²) in [7, 11) is 0. The molecular weight excluding hydrogens is 352 g/mol. The number of hydrogen-bond donors (Lipinski definition) is 1. The highest BCUT2D eigenvalue weighted by Gasteiger charge is 2.13. The van der Waals surface area contributed by atoms with Crippen molar-refractivity contribution in [1.82, 2.24) is 4.90 Å². The summed E-state index contributed by atoms with van der Waals surface area (Å²) in [4.78, 5) is 26.4. The fraction of sp³-hybridized carbons (Fsp3) is 0.391. The molecule has 2 aromatic rings.